The van der Waals surface area contributed by atoms with Gasteiger partial charge < -0.3 is 17.5 Å². The molecule has 0 aliphatic rings. The number of aryl methyl sites for hydroxylation is 1. The van der Waals surface area contributed by atoms with Crippen LogP contribution in [0.4, 0.5) is 4.79 Å². The van der Waals surface area contributed by atoms with Gasteiger partial charge in [-0.1, -0.05) is 0 Å². The molecule has 18 heavy (non-hydrogen) atoms. The molecule has 100 valence electrons. The lowest BCUT2D eigenvalue weighted by atomic mass is 10.3. The van der Waals surface area contributed by atoms with Crippen LogP contribution in [0.2, 0.25) is 0 Å². The smallest absolute Gasteiger partial charge is 0.314 e. The summed E-state index contributed by atoms with van der Waals surface area (Å²) in [5.41, 5.74) is 2.86. The summed E-state index contributed by atoms with van der Waals surface area (Å²) in [4.78, 5) is 11.2. The van der Waals surface area contributed by atoms with Gasteiger partial charge in [-0.3, -0.25) is 4.79 Å². The fourth-order valence-electron chi connectivity index (χ4n) is 1.10. The molecule has 1 rings (SSSR count). The van der Waals surface area contributed by atoms with E-state index >= 15 is 0 Å². The maximum Gasteiger partial charge on any atom is 0.314 e. The van der Waals surface area contributed by atoms with E-state index in [4.69, 9.17) is 0 Å². The van der Waals surface area contributed by atoms with Crippen molar-refractivity contribution in [2.24, 2.45) is 12.1 Å². The Labute approximate surface area is 116 Å². The Morgan fingerprint density at radius 3 is 2.83 bits per heavy atom. The van der Waals surface area contributed by atoms with Crippen molar-refractivity contribution in [1.82, 2.24) is 9.73 Å². The van der Waals surface area contributed by atoms with Gasteiger partial charge in [0.25, 0.3) is 5.69 Å². The summed E-state index contributed by atoms with van der Waals surface area (Å²) in [5, 5.41) is 13.0. The van der Waals surface area contributed by atoms with Gasteiger partial charge in [0.15, 0.2) is 11.9 Å². The molecule has 0 radical (unpaired) electrons. The Morgan fingerprint density at radius 1 is 1.61 bits per heavy atom. The minimum atomic E-state index is -0.288. The maximum absolute atomic E-state index is 11.2. The van der Waals surface area contributed by atoms with Crippen molar-refractivity contribution in [2.75, 3.05) is 14.1 Å². The van der Waals surface area contributed by atoms with E-state index in [2.05, 4.69) is 10.5 Å². The van der Waals surface area contributed by atoms with E-state index in [0.717, 1.165) is 11.9 Å². The molecule has 0 atom stereocenters. The van der Waals surface area contributed by atoms with Crippen LogP contribution in [0.15, 0.2) is 23.4 Å². The van der Waals surface area contributed by atoms with E-state index in [1.807, 2.05) is 0 Å². The lowest BCUT2D eigenvalue weighted by Gasteiger charge is -2.04. The molecule has 2 N–H and O–H groups in total. The van der Waals surface area contributed by atoms with Crippen LogP contribution >= 0.6 is 11.9 Å². The first-order valence-corrected chi connectivity index (χ1v) is 5.64. The van der Waals surface area contributed by atoms with Gasteiger partial charge in [0.05, 0.1) is 0 Å². The van der Waals surface area contributed by atoms with Crippen LogP contribution in [-0.2, 0) is 7.05 Å². The number of amides is 1. The minimum absolute atomic E-state index is 0. The Morgan fingerprint density at radius 2 is 2.28 bits per heavy atom. The largest absolute Gasteiger partial charge is 1.00 e. The van der Waals surface area contributed by atoms with Gasteiger partial charge in [-0.25, -0.2) is 9.73 Å². The standard InChI is InChI=1S/C10H14N4O2S.ClH/c1-13(2)17-10(16)12-11-7-8-9(15)5-4-6-14(8)3;/h4-7,15H,1-3H3;1H. The van der Waals surface area contributed by atoms with E-state index < -0.39 is 0 Å². The number of pyridine rings is 1. The van der Waals surface area contributed by atoms with Crippen molar-refractivity contribution in [3.05, 3.63) is 24.0 Å². The van der Waals surface area contributed by atoms with Gasteiger partial charge in [0, 0.05) is 18.0 Å². The highest BCUT2D eigenvalue weighted by molar-refractivity contribution is 8.11. The lowest BCUT2D eigenvalue weighted by molar-refractivity contribution is -0.672. The number of carbonyl (C=O) groups is 1. The second kappa shape index (κ2) is 7.91. The Hall–Kier alpha value is -1.31. The molecule has 6 nitrogen and oxygen atoms in total. The van der Waals surface area contributed by atoms with Crippen molar-refractivity contribution in [1.29, 1.82) is 0 Å². The summed E-state index contributed by atoms with van der Waals surface area (Å²) < 4.78 is 3.36. The van der Waals surface area contributed by atoms with Crippen molar-refractivity contribution in [3.8, 4) is 5.75 Å². The molecule has 0 aliphatic carbocycles. The summed E-state index contributed by atoms with van der Waals surface area (Å²) >= 11 is 0.998. The summed E-state index contributed by atoms with van der Waals surface area (Å²) in [5.74, 6) is 0.105. The fourth-order valence-corrected chi connectivity index (χ4v) is 1.52. The number of hydrogen-bond acceptors (Lipinski definition) is 5. The van der Waals surface area contributed by atoms with Crippen molar-refractivity contribution < 1.29 is 26.9 Å². The van der Waals surface area contributed by atoms with Crippen LogP contribution in [0.1, 0.15) is 5.69 Å². The molecule has 8 heteroatoms. The van der Waals surface area contributed by atoms with E-state index in [1.165, 1.54) is 6.21 Å². The molecule has 1 aromatic heterocycles. The Kier molecular flexibility index (Phi) is 7.33. The number of aromatic nitrogens is 1. The van der Waals surface area contributed by atoms with E-state index in [1.54, 1.807) is 48.3 Å². The van der Waals surface area contributed by atoms with Gasteiger partial charge in [0.2, 0.25) is 0 Å². The SMILES string of the molecule is CN(C)SC(=O)N/N=C/c1c(O)ccc[n+]1C.[Cl-]. The van der Waals surface area contributed by atoms with E-state index in [-0.39, 0.29) is 23.4 Å². The average molecular weight is 291 g/mol. The quantitative estimate of drug-likeness (QED) is 0.279. The molecular weight excluding hydrogens is 276 g/mol. The number of hydrogen-bond donors (Lipinski definition) is 2. The summed E-state index contributed by atoms with van der Waals surface area (Å²) in [6.45, 7) is 0. The molecule has 0 unspecified atom stereocenters. The normalized spacial score (nSPS) is 10.4. The predicted octanol–water partition coefficient (Wildman–Crippen LogP) is -2.53. The van der Waals surface area contributed by atoms with Crippen molar-refractivity contribution >= 4 is 23.4 Å². The van der Waals surface area contributed by atoms with Crippen LogP contribution in [-0.4, -0.2) is 35.0 Å². The first-order chi connectivity index (χ1) is 8.00. The first kappa shape index (κ1) is 16.7. The zero-order chi connectivity index (χ0) is 12.8. The Balaban J connectivity index is 0.00000289. The molecule has 0 bridgehead atoms. The van der Waals surface area contributed by atoms with Crippen LogP contribution in [0.25, 0.3) is 0 Å². The number of halogens is 1. The average Bonchev–Trinajstić information content (AvgIpc) is 2.21. The van der Waals surface area contributed by atoms with E-state index in [9.17, 15) is 9.90 Å². The highest BCUT2D eigenvalue weighted by Gasteiger charge is 2.09. The highest BCUT2D eigenvalue weighted by atomic mass is 35.5. The highest BCUT2D eigenvalue weighted by Crippen LogP contribution is 2.08. The molecule has 0 spiro atoms. The van der Waals surface area contributed by atoms with Gasteiger partial charge >= 0.3 is 5.24 Å². The molecule has 0 aromatic carbocycles. The maximum atomic E-state index is 11.2. The molecule has 0 fully saturated rings. The minimum Gasteiger partial charge on any atom is -1.00 e. The number of rotatable bonds is 3. The van der Waals surface area contributed by atoms with Crippen molar-refractivity contribution in [2.45, 2.75) is 0 Å². The second-order valence-electron chi connectivity index (χ2n) is 3.45. The van der Waals surface area contributed by atoms with Gasteiger partial charge in [-0.05, 0) is 20.2 Å². The second-order valence-corrected chi connectivity index (χ2v) is 4.73. The fraction of sp³-hybridized carbons (Fsp3) is 0.300. The summed E-state index contributed by atoms with van der Waals surface area (Å²) in [7, 11) is 5.30. The third kappa shape index (κ3) is 5.35. The zero-order valence-electron chi connectivity index (χ0n) is 10.3. The monoisotopic (exact) mass is 290 g/mol. The molecule has 1 amide bonds. The van der Waals surface area contributed by atoms with Gasteiger partial charge in [0.1, 0.15) is 13.3 Å². The molecular formula is C10H15ClN4O2S. The molecule has 0 aliphatic heterocycles. The molecule has 0 saturated carbocycles. The lowest BCUT2D eigenvalue weighted by Crippen LogP contribution is -3.00. The Bertz CT molecular complexity index is 420. The molecule has 1 heterocycles. The van der Waals surface area contributed by atoms with Crippen LogP contribution < -0.4 is 22.4 Å². The number of carbonyl (C=O) groups excluding carboxylic acids is 1. The zero-order valence-corrected chi connectivity index (χ0v) is 11.9. The van der Waals surface area contributed by atoms with E-state index in [0.29, 0.717) is 5.69 Å². The third-order valence-electron chi connectivity index (χ3n) is 1.81. The van der Waals surface area contributed by atoms with Crippen LogP contribution in [0, 0.1) is 0 Å². The molecule has 0 saturated heterocycles. The number of nitrogens with zero attached hydrogens (tertiary/aromatic N) is 3. The van der Waals surface area contributed by atoms with Crippen LogP contribution in [0.5, 0.6) is 5.75 Å². The molecule has 1 aromatic rings. The van der Waals surface area contributed by atoms with Gasteiger partial charge in [-0.2, -0.15) is 9.67 Å². The number of nitrogens with one attached hydrogen (secondary N) is 1. The summed E-state index contributed by atoms with van der Waals surface area (Å²) in [6, 6.07) is 3.27. The third-order valence-corrected chi connectivity index (χ3v) is 2.44. The predicted molar refractivity (Wildman–Crippen MR) is 66.7 cm³/mol. The number of hydrazone groups is 1. The topological polar surface area (TPSA) is 68.8 Å². The summed E-state index contributed by atoms with van der Waals surface area (Å²) in [6.07, 6.45) is 3.17. The van der Waals surface area contributed by atoms with Crippen LogP contribution in [0.3, 0.4) is 0 Å². The van der Waals surface area contributed by atoms with Gasteiger partial charge in [-0.15, -0.1) is 0 Å². The van der Waals surface area contributed by atoms with Crippen molar-refractivity contribution in [3.63, 3.8) is 0 Å². The number of aromatic hydroxyl groups is 1. The first-order valence-electron chi connectivity index (χ1n) is 4.86.